The number of imidazole rings is 1. The number of hydrogen-bond donors (Lipinski definition) is 1. The third-order valence-corrected chi connectivity index (χ3v) is 4.68. The summed E-state index contributed by atoms with van der Waals surface area (Å²) in [5.41, 5.74) is 1.82. The lowest BCUT2D eigenvalue weighted by Crippen LogP contribution is -2.47. The number of nitrogens with zero attached hydrogens (tertiary/aromatic N) is 3. The van der Waals surface area contributed by atoms with Gasteiger partial charge in [-0.3, -0.25) is 28.8 Å². The summed E-state index contributed by atoms with van der Waals surface area (Å²) in [6, 6.07) is 4.75. The Bertz CT molecular complexity index is 947. The number of rotatable bonds is 2. The van der Waals surface area contributed by atoms with E-state index in [0.717, 1.165) is 5.69 Å². The molecule has 3 heterocycles. The minimum absolute atomic E-state index is 0.154. The van der Waals surface area contributed by atoms with Gasteiger partial charge in [0.05, 0.1) is 29.8 Å². The second kappa shape index (κ2) is 5.05. The summed E-state index contributed by atoms with van der Waals surface area (Å²) in [5, 5.41) is 2.29. The number of hydrogen-bond acceptors (Lipinski definition) is 5. The number of piperidine rings is 1. The van der Waals surface area contributed by atoms with Crippen molar-refractivity contribution in [3.05, 3.63) is 28.7 Å². The van der Waals surface area contributed by atoms with E-state index in [4.69, 9.17) is 0 Å². The summed E-state index contributed by atoms with van der Waals surface area (Å²) >= 11 is 0. The molecule has 0 spiro atoms. The second-order valence-corrected chi connectivity index (χ2v) is 6.22. The Morgan fingerprint density at radius 1 is 1.12 bits per heavy atom. The van der Waals surface area contributed by atoms with Gasteiger partial charge in [0.15, 0.2) is 5.78 Å². The molecule has 0 aliphatic carbocycles. The molecule has 0 radical (unpaired) electrons. The number of imide groups is 1. The van der Waals surface area contributed by atoms with Crippen LogP contribution in [-0.2, 0) is 21.4 Å². The molecule has 8 nitrogen and oxygen atoms in total. The monoisotopic (exact) mass is 328 g/mol. The van der Waals surface area contributed by atoms with E-state index < -0.39 is 11.9 Å². The predicted octanol–water partition coefficient (Wildman–Crippen LogP) is -0.293. The van der Waals surface area contributed by atoms with E-state index in [9.17, 15) is 19.2 Å². The van der Waals surface area contributed by atoms with Crippen molar-refractivity contribution in [2.24, 2.45) is 7.05 Å². The van der Waals surface area contributed by atoms with Gasteiger partial charge >= 0.3 is 5.69 Å². The zero-order valence-corrected chi connectivity index (χ0v) is 13.1. The Hall–Kier alpha value is -2.90. The van der Waals surface area contributed by atoms with Crippen molar-refractivity contribution >= 4 is 34.3 Å². The average Bonchev–Trinajstić information content (AvgIpc) is 2.77. The molecule has 2 aliphatic rings. The van der Waals surface area contributed by atoms with Gasteiger partial charge in [0.2, 0.25) is 11.8 Å². The van der Waals surface area contributed by atoms with Crippen LogP contribution in [0.15, 0.2) is 23.0 Å². The third kappa shape index (κ3) is 1.99. The highest BCUT2D eigenvalue weighted by atomic mass is 16.2. The zero-order chi connectivity index (χ0) is 17.0. The SMILES string of the molecule is Cn1c(=O)n([C@@H]2CCC(=O)NC2=O)c2cccc(N3CC(=O)C3)c21. The van der Waals surface area contributed by atoms with Crippen LogP contribution in [0.25, 0.3) is 11.0 Å². The quantitative estimate of drug-likeness (QED) is 0.765. The lowest BCUT2D eigenvalue weighted by molar-refractivity contribution is -0.135. The van der Waals surface area contributed by atoms with Gasteiger partial charge in [-0.2, -0.15) is 0 Å². The molecule has 1 aromatic heterocycles. The molecular weight excluding hydrogens is 312 g/mol. The maximum absolute atomic E-state index is 12.7. The zero-order valence-electron chi connectivity index (χ0n) is 13.1. The van der Waals surface area contributed by atoms with Crippen molar-refractivity contribution < 1.29 is 14.4 Å². The first kappa shape index (κ1) is 14.7. The Balaban J connectivity index is 1.88. The summed E-state index contributed by atoms with van der Waals surface area (Å²) in [6.07, 6.45) is 0.510. The molecule has 124 valence electrons. The fraction of sp³-hybridized carbons (Fsp3) is 0.375. The third-order valence-electron chi connectivity index (χ3n) is 4.68. The van der Waals surface area contributed by atoms with Gasteiger partial charge in [-0.25, -0.2) is 4.79 Å². The number of anilines is 1. The van der Waals surface area contributed by atoms with Gasteiger partial charge in [0, 0.05) is 13.5 Å². The fourth-order valence-electron chi connectivity index (χ4n) is 3.45. The van der Waals surface area contributed by atoms with Crippen LogP contribution in [0.2, 0.25) is 0 Å². The van der Waals surface area contributed by atoms with Crippen molar-refractivity contribution in [1.82, 2.24) is 14.5 Å². The smallest absolute Gasteiger partial charge is 0.329 e. The van der Waals surface area contributed by atoms with Gasteiger partial charge in [0.1, 0.15) is 6.04 Å². The van der Waals surface area contributed by atoms with Crippen LogP contribution < -0.4 is 15.9 Å². The highest BCUT2D eigenvalue weighted by Crippen LogP contribution is 2.30. The Labute approximate surface area is 136 Å². The van der Waals surface area contributed by atoms with Gasteiger partial charge in [0.25, 0.3) is 0 Å². The van der Waals surface area contributed by atoms with Crippen LogP contribution in [-0.4, -0.2) is 39.8 Å². The average molecular weight is 328 g/mol. The first-order valence-corrected chi connectivity index (χ1v) is 7.77. The number of carbonyl (C=O) groups is 3. The Morgan fingerprint density at radius 3 is 2.54 bits per heavy atom. The van der Waals surface area contributed by atoms with Crippen LogP contribution in [0.3, 0.4) is 0 Å². The number of benzene rings is 1. The number of aromatic nitrogens is 2. The highest BCUT2D eigenvalue weighted by Gasteiger charge is 2.33. The lowest BCUT2D eigenvalue weighted by Gasteiger charge is -2.32. The molecule has 2 aromatic rings. The van der Waals surface area contributed by atoms with E-state index in [0.29, 0.717) is 30.5 Å². The summed E-state index contributed by atoms with van der Waals surface area (Å²) in [4.78, 5) is 49.5. The molecule has 2 aliphatic heterocycles. The Kier molecular flexibility index (Phi) is 3.09. The topological polar surface area (TPSA) is 93.4 Å². The van der Waals surface area contributed by atoms with Crippen LogP contribution in [0.4, 0.5) is 5.69 Å². The van der Waals surface area contributed by atoms with Gasteiger partial charge in [-0.05, 0) is 18.6 Å². The van der Waals surface area contributed by atoms with E-state index in [1.54, 1.807) is 13.1 Å². The van der Waals surface area contributed by atoms with Crippen LogP contribution >= 0.6 is 0 Å². The summed E-state index contributed by atoms with van der Waals surface area (Å²) in [7, 11) is 1.65. The molecule has 8 heteroatoms. The molecular formula is C16H16N4O4. The largest absolute Gasteiger partial charge is 0.355 e. The first-order valence-electron chi connectivity index (χ1n) is 7.77. The summed E-state index contributed by atoms with van der Waals surface area (Å²) in [5.74, 6) is -0.615. The molecule has 1 atom stereocenters. The number of carbonyl (C=O) groups excluding carboxylic acids is 3. The summed E-state index contributed by atoms with van der Waals surface area (Å²) < 4.78 is 2.94. The fourth-order valence-corrected chi connectivity index (χ4v) is 3.45. The van der Waals surface area contributed by atoms with E-state index in [-0.39, 0.29) is 23.8 Å². The van der Waals surface area contributed by atoms with Crippen molar-refractivity contribution in [2.75, 3.05) is 18.0 Å². The minimum Gasteiger partial charge on any atom is -0.355 e. The lowest BCUT2D eigenvalue weighted by atomic mass is 10.1. The second-order valence-electron chi connectivity index (χ2n) is 6.22. The Morgan fingerprint density at radius 2 is 1.88 bits per heavy atom. The molecule has 0 bridgehead atoms. The van der Waals surface area contributed by atoms with Gasteiger partial charge < -0.3 is 4.90 Å². The maximum atomic E-state index is 12.7. The minimum atomic E-state index is -0.702. The first-order chi connectivity index (χ1) is 11.5. The van der Waals surface area contributed by atoms with E-state index in [2.05, 4.69) is 5.32 Å². The van der Waals surface area contributed by atoms with Crippen LogP contribution in [0.5, 0.6) is 0 Å². The number of aryl methyl sites for hydroxylation is 1. The van der Waals surface area contributed by atoms with E-state index in [1.807, 2.05) is 17.0 Å². The molecule has 24 heavy (non-hydrogen) atoms. The van der Waals surface area contributed by atoms with Crippen LogP contribution in [0, 0.1) is 0 Å². The molecule has 1 aromatic carbocycles. The van der Waals surface area contributed by atoms with Crippen molar-refractivity contribution in [3.8, 4) is 0 Å². The number of Topliss-reactive ketones (excluding diaryl/α,β-unsaturated/α-hetero) is 1. The molecule has 0 saturated carbocycles. The molecule has 2 amide bonds. The highest BCUT2D eigenvalue weighted by molar-refractivity contribution is 6.02. The molecule has 2 saturated heterocycles. The van der Waals surface area contributed by atoms with Gasteiger partial charge in [-0.1, -0.05) is 6.07 Å². The molecule has 0 unspecified atom stereocenters. The molecule has 4 rings (SSSR count). The normalized spacial score (nSPS) is 21.1. The predicted molar refractivity (Wildman–Crippen MR) is 85.8 cm³/mol. The molecule has 2 fully saturated rings. The number of nitrogens with one attached hydrogen (secondary N) is 1. The maximum Gasteiger partial charge on any atom is 0.329 e. The standard InChI is InChI=1S/C16H16N4O4/c1-18-14-10(19-7-9(21)8-19)3-2-4-11(14)20(16(18)24)12-5-6-13(22)17-15(12)23/h2-4,12H,5-8H2,1H3,(H,17,22,23)/t12-/m1/s1. The van der Waals surface area contributed by atoms with Crippen LogP contribution in [0.1, 0.15) is 18.9 Å². The summed E-state index contributed by atoms with van der Waals surface area (Å²) in [6.45, 7) is 0.661. The van der Waals surface area contributed by atoms with Crippen molar-refractivity contribution in [3.63, 3.8) is 0 Å². The van der Waals surface area contributed by atoms with E-state index >= 15 is 0 Å². The van der Waals surface area contributed by atoms with E-state index in [1.165, 1.54) is 9.13 Å². The van der Waals surface area contributed by atoms with Gasteiger partial charge in [-0.15, -0.1) is 0 Å². The number of fused-ring (bicyclic) bond motifs is 1. The van der Waals surface area contributed by atoms with Crippen molar-refractivity contribution in [1.29, 1.82) is 0 Å². The number of para-hydroxylation sites is 1. The number of amides is 2. The number of ketones is 1. The van der Waals surface area contributed by atoms with Crippen molar-refractivity contribution in [2.45, 2.75) is 18.9 Å². The molecule has 1 N–H and O–H groups in total.